The maximum Gasteiger partial charge on any atom is 0.198 e. The van der Waals surface area contributed by atoms with Crippen LogP contribution in [0.4, 0.5) is 0 Å². The van der Waals surface area contributed by atoms with Gasteiger partial charge in [-0.2, -0.15) is 0 Å². The van der Waals surface area contributed by atoms with Crippen molar-refractivity contribution in [3.8, 4) is 0 Å². The highest BCUT2D eigenvalue weighted by Crippen LogP contribution is 2.31. The number of fused-ring (bicyclic) bond motifs is 1. The Kier molecular flexibility index (Phi) is 3.55. The van der Waals surface area contributed by atoms with E-state index in [4.69, 9.17) is 4.42 Å². The number of carbonyl (C=O) groups excluding carboxylic acids is 1. The maximum atomic E-state index is 11.9. The lowest BCUT2D eigenvalue weighted by Crippen LogP contribution is -1.94. The number of carbonyl (C=O) groups is 1. The van der Waals surface area contributed by atoms with Crippen LogP contribution in [-0.4, -0.2) is 5.78 Å². The van der Waals surface area contributed by atoms with Crippen LogP contribution in [0.3, 0.4) is 0 Å². The van der Waals surface area contributed by atoms with Crippen molar-refractivity contribution in [1.29, 1.82) is 0 Å². The van der Waals surface area contributed by atoms with Gasteiger partial charge in [0, 0.05) is 11.8 Å². The fourth-order valence-corrected chi connectivity index (χ4v) is 2.22. The summed E-state index contributed by atoms with van der Waals surface area (Å²) in [6, 6.07) is 6.09. The highest BCUT2D eigenvalue weighted by Gasteiger charge is 2.16. The first-order valence-electron chi connectivity index (χ1n) is 6.60. The zero-order valence-corrected chi connectivity index (χ0v) is 11.5. The summed E-state index contributed by atoms with van der Waals surface area (Å²) in [5, 5.41) is 1.07. The molecule has 96 valence electrons. The van der Waals surface area contributed by atoms with E-state index < -0.39 is 0 Å². The first kappa shape index (κ1) is 12.9. The van der Waals surface area contributed by atoms with Gasteiger partial charge >= 0.3 is 0 Å². The van der Waals surface area contributed by atoms with E-state index in [0.717, 1.165) is 23.0 Å². The molecule has 0 N–H and O–H groups in total. The normalized spacial score (nSPS) is 11.4. The van der Waals surface area contributed by atoms with Crippen molar-refractivity contribution in [1.82, 2.24) is 0 Å². The molecule has 1 aromatic carbocycles. The summed E-state index contributed by atoms with van der Waals surface area (Å²) in [5.74, 6) is 0.999. The van der Waals surface area contributed by atoms with E-state index in [1.54, 1.807) is 0 Å². The van der Waals surface area contributed by atoms with E-state index in [-0.39, 0.29) is 5.78 Å². The molecule has 0 bridgehead atoms. The van der Waals surface area contributed by atoms with Gasteiger partial charge in [-0.05, 0) is 36.5 Å². The Bertz CT molecular complexity index is 576. The second kappa shape index (κ2) is 4.97. The van der Waals surface area contributed by atoms with Gasteiger partial charge in [0.05, 0.1) is 0 Å². The summed E-state index contributed by atoms with van der Waals surface area (Å²) in [5.41, 5.74) is 3.21. The lowest BCUT2D eigenvalue weighted by Gasteiger charge is -2.06. The summed E-state index contributed by atoms with van der Waals surface area (Å²) < 4.78 is 5.81. The zero-order chi connectivity index (χ0) is 13.3. The largest absolute Gasteiger partial charge is 0.453 e. The van der Waals surface area contributed by atoms with Crippen LogP contribution < -0.4 is 0 Å². The third-order valence-electron chi connectivity index (χ3n) is 3.31. The molecule has 18 heavy (non-hydrogen) atoms. The molecule has 0 saturated heterocycles. The van der Waals surface area contributed by atoms with Crippen LogP contribution in [0.15, 0.2) is 22.6 Å². The first-order chi connectivity index (χ1) is 8.54. The molecule has 0 atom stereocenters. The molecule has 0 spiro atoms. The number of aryl methyl sites for hydroxylation is 1. The van der Waals surface area contributed by atoms with E-state index in [1.165, 1.54) is 5.56 Å². The molecule has 1 heterocycles. The Morgan fingerprint density at radius 3 is 2.67 bits per heavy atom. The molecule has 0 unspecified atom stereocenters. The fourth-order valence-electron chi connectivity index (χ4n) is 2.22. The first-order valence-corrected chi connectivity index (χ1v) is 6.60. The molecule has 0 aliphatic heterocycles. The molecule has 1 aromatic heterocycles. The number of ketones is 1. The number of benzene rings is 1. The number of rotatable bonds is 4. The van der Waals surface area contributed by atoms with Crippen molar-refractivity contribution in [2.75, 3.05) is 0 Å². The second-order valence-electron chi connectivity index (χ2n) is 5.15. The third-order valence-corrected chi connectivity index (χ3v) is 3.31. The number of furan rings is 1. The molecule has 2 rings (SSSR count). The predicted molar refractivity (Wildman–Crippen MR) is 74.3 cm³/mol. The zero-order valence-electron chi connectivity index (χ0n) is 11.5. The molecular formula is C16H20O2. The maximum absolute atomic E-state index is 11.9. The molecule has 0 aliphatic rings. The Morgan fingerprint density at radius 1 is 1.33 bits per heavy atom. The Morgan fingerprint density at radius 2 is 2.06 bits per heavy atom. The van der Waals surface area contributed by atoms with E-state index >= 15 is 0 Å². The van der Waals surface area contributed by atoms with Crippen LogP contribution in [0, 0.1) is 6.92 Å². The monoisotopic (exact) mass is 244 g/mol. The quantitative estimate of drug-likeness (QED) is 0.720. The van der Waals surface area contributed by atoms with Crippen LogP contribution in [-0.2, 0) is 0 Å². The third kappa shape index (κ3) is 2.20. The minimum absolute atomic E-state index is 0.0998. The Labute approximate surface area is 108 Å². The molecular weight excluding hydrogens is 224 g/mol. The smallest absolute Gasteiger partial charge is 0.198 e. The van der Waals surface area contributed by atoms with Crippen molar-refractivity contribution in [3.05, 3.63) is 35.1 Å². The van der Waals surface area contributed by atoms with E-state index in [0.29, 0.717) is 18.1 Å². The minimum atomic E-state index is 0.0998. The molecule has 2 nitrogen and oxygen atoms in total. The van der Waals surface area contributed by atoms with Crippen molar-refractivity contribution in [2.45, 2.75) is 46.5 Å². The molecule has 2 heteroatoms. The lowest BCUT2D eigenvalue weighted by molar-refractivity contribution is 0.0957. The highest BCUT2D eigenvalue weighted by molar-refractivity contribution is 5.98. The van der Waals surface area contributed by atoms with Gasteiger partial charge in [-0.1, -0.05) is 32.9 Å². The van der Waals surface area contributed by atoms with Gasteiger partial charge in [-0.15, -0.1) is 0 Å². The van der Waals surface area contributed by atoms with E-state index in [1.807, 2.05) is 13.0 Å². The van der Waals surface area contributed by atoms with Crippen LogP contribution in [0.5, 0.6) is 0 Å². The number of hydrogen-bond donors (Lipinski definition) is 0. The van der Waals surface area contributed by atoms with E-state index in [9.17, 15) is 4.79 Å². The molecule has 0 saturated carbocycles. The van der Waals surface area contributed by atoms with Crippen molar-refractivity contribution < 1.29 is 9.21 Å². The predicted octanol–water partition coefficient (Wildman–Crippen LogP) is 4.85. The van der Waals surface area contributed by atoms with Crippen molar-refractivity contribution >= 4 is 16.8 Å². The second-order valence-corrected chi connectivity index (χ2v) is 5.15. The van der Waals surface area contributed by atoms with Gasteiger partial charge in [0.25, 0.3) is 0 Å². The molecule has 0 radical (unpaired) electrons. The topological polar surface area (TPSA) is 30.2 Å². The fraction of sp³-hybridized carbons (Fsp3) is 0.438. The van der Waals surface area contributed by atoms with Crippen LogP contribution >= 0.6 is 0 Å². The highest BCUT2D eigenvalue weighted by atomic mass is 16.3. The molecule has 0 aliphatic carbocycles. The molecule has 2 aromatic rings. The Hall–Kier alpha value is -1.57. The average molecular weight is 244 g/mol. The van der Waals surface area contributed by atoms with Gasteiger partial charge in [-0.3, -0.25) is 4.79 Å². The van der Waals surface area contributed by atoms with Gasteiger partial charge in [0.2, 0.25) is 0 Å². The van der Waals surface area contributed by atoms with Crippen LogP contribution in [0.2, 0.25) is 0 Å². The van der Waals surface area contributed by atoms with Crippen molar-refractivity contribution in [3.63, 3.8) is 0 Å². The minimum Gasteiger partial charge on any atom is -0.453 e. The lowest BCUT2D eigenvalue weighted by atomic mass is 9.99. The van der Waals surface area contributed by atoms with Gasteiger partial charge < -0.3 is 4.42 Å². The van der Waals surface area contributed by atoms with Gasteiger partial charge in [-0.25, -0.2) is 0 Å². The molecule has 0 fully saturated rings. The standard InChI is InChI=1S/C16H20O2/c1-5-6-14(17)15-9-13-11(4)7-8-12(10(2)3)16(13)18-15/h7-10H,5-6H2,1-4H3. The summed E-state index contributed by atoms with van der Waals surface area (Å²) >= 11 is 0. The van der Waals surface area contributed by atoms with E-state index in [2.05, 4.69) is 32.9 Å². The molecule has 0 amide bonds. The van der Waals surface area contributed by atoms with Gasteiger partial charge in [0.15, 0.2) is 11.5 Å². The van der Waals surface area contributed by atoms with Crippen molar-refractivity contribution in [2.24, 2.45) is 0 Å². The number of hydrogen-bond acceptors (Lipinski definition) is 2. The summed E-state index contributed by atoms with van der Waals surface area (Å²) in [7, 11) is 0. The Balaban J connectivity index is 2.59. The summed E-state index contributed by atoms with van der Waals surface area (Å²) in [4.78, 5) is 11.9. The SMILES string of the molecule is CCCC(=O)c1cc2c(C)ccc(C(C)C)c2o1. The summed E-state index contributed by atoms with van der Waals surface area (Å²) in [6.45, 7) is 8.34. The number of Topliss-reactive ketones (excluding diaryl/α,β-unsaturated/α-hetero) is 1. The van der Waals surface area contributed by atoms with Crippen LogP contribution in [0.1, 0.15) is 61.2 Å². The van der Waals surface area contributed by atoms with Crippen LogP contribution in [0.25, 0.3) is 11.0 Å². The summed E-state index contributed by atoms with van der Waals surface area (Å²) in [6.07, 6.45) is 1.40. The average Bonchev–Trinajstić information content (AvgIpc) is 2.75. The van der Waals surface area contributed by atoms with Gasteiger partial charge in [0.1, 0.15) is 5.58 Å².